The van der Waals surface area contributed by atoms with Gasteiger partial charge < -0.3 is 5.32 Å². The summed E-state index contributed by atoms with van der Waals surface area (Å²) in [6, 6.07) is 5.70. The maximum atomic E-state index is 13.7. The second kappa shape index (κ2) is 6.76. The van der Waals surface area contributed by atoms with E-state index < -0.39 is 15.8 Å². The van der Waals surface area contributed by atoms with Gasteiger partial charge in [0, 0.05) is 10.6 Å². The molecule has 1 aromatic heterocycles. The minimum Gasteiger partial charge on any atom is -0.321 e. The van der Waals surface area contributed by atoms with Gasteiger partial charge in [0.15, 0.2) is 0 Å². The number of thiophene rings is 1. The van der Waals surface area contributed by atoms with Crippen molar-refractivity contribution in [3.05, 3.63) is 45.4 Å². The molecule has 2 N–H and O–H groups in total. The van der Waals surface area contributed by atoms with Crippen LogP contribution in [0.15, 0.2) is 24.3 Å². The van der Waals surface area contributed by atoms with Gasteiger partial charge in [-0.2, -0.15) is 0 Å². The highest BCUT2D eigenvalue weighted by Gasteiger charge is 2.21. The maximum absolute atomic E-state index is 13.7. The number of carbonyl (C=O) groups excluding carboxylic acids is 1. The summed E-state index contributed by atoms with van der Waals surface area (Å²) in [7, 11) is -3.61. The molecule has 0 spiro atoms. The highest BCUT2D eigenvalue weighted by Crippen LogP contribution is 2.32. The van der Waals surface area contributed by atoms with Gasteiger partial charge in [0.05, 0.1) is 16.8 Å². The van der Waals surface area contributed by atoms with Crippen molar-refractivity contribution in [1.82, 2.24) is 0 Å². The van der Waals surface area contributed by atoms with Crippen molar-refractivity contribution >= 4 is 38.6 Å². The number of fused-ring (bicyclic) bond motifs is 1. The minimum atomic E-state index is -3.61. The number of benzene rings is 1. The SMILES string of the molecule is CC1CCc2sc(C(=O)Nc3ccc(F)c(NS(C)(=O)=O)c3)cc2C1. The van der Waals surface area contributed by atoms with E-state index in [4.69, 9.17) is 0 Å². The van der Waals surface area contributed by atoms with Crippen LogP contribution in [-0.4, -0.2) is 20.6 Å². The van der Waals surface area contributed by atoms with Crippen LogP contribution in [0.1, 0.15) is 33.5 Å². The molecule has 0 saturated carbocycles. The number of nitrogens with one attached hydrogen (secondary N) is 2. The smallest absolute Gasteiger partial charge is 0.265 e. The molecule has 134 valence electrons. The van der Waals surface area contributed by atoms with Crippen LogP contribution in [0.25, 0.3) is 0 Å². The van der Waals surface area contributed by atoms with Crippen LogP contribution in [-0.2, 0) is 22.9 Å². The maximum Gasteiger partial charge on any atom is 0.265 e. The lowest BCUT2D eigenvalue weighted by Crippen LogP contribution is -2.13. The monoisotopic (exact) mass is 382 g/mol. The number of carbonyl (C=O) groups is 1. The predicted octanol–water partition coefficient (Wildman–Crippen LogP) is 3.64. The van der Waals surface area contributed by atoms with Gasteiger partial charge in [-0.3, -0.25) is 9.52 Å². The predicted molar refractivity (Wildman–Crippen MR) is 98.3 cm³/mol. The Kier molecular flexibility index (Phi) is 4.83. The molecule has 2 aromatic rings. The quantitative estimate of drug-likeness (QED) is 0.848. The molecule has 1 amide bonds. The lowest BCUT2D eigenvalue weighted by Gasteiger charge is -2.16. The van der Waals surface area contributed by atoms with Gasteiger partial charge in [0.1, 0.15) is 5.82 Å². The Morgan fingerprint density at radius 3 is 2.80 bits per heavy atom. The van der Waals surface area contributed by atoms with E-state index >= 15 is 0 Å². The molecule has 1 unspecified atom stereocenters. The Labute approximate surface area is 150 Å². The largest absolute Gasteiger partial charge is 0.321 e. The number of amides is 1. The van der Waals surface area contributed by atoms with Crippen LogP contribution in [0, 0.1) is 11.7 Å². The van der Waals surface area contributed by atoms with E-state index in [0.29, 0.717) is 16.5 Å². The zero-order valence-electron chi connectivity index (χ0n) is 13.9. The third-order valence-corrected chi connectivity index (χ3v) is 5.90. The summed E-state index contributed by atoms with van der Waals surface area (Å²) in [6.07, 6.45) is 4.05. The lowest BCUT2D eigenvalue weighted by molar-refractivity contribution is 0.103. The van der Waals surface area contributed by atoms with Gasteiger partial charge in [-0.1, -0.05) is 6.92 Å². The van der Waals surface area contributed by atoms with Gasteiger partial charge in [-0.25, -0.2) is 12.8 Å². The average molecular weight is 382 g/mol. The number of hydrogen-bond donors (Lipinski definition) is 2. The van der Waals surface area contributed by atoms with E-state index in [1.54, 1.807) is 0 Å². The molecule has 1 aliphatic rings. The Morgan fingerprint density at radius 2 is 2.08 bits per heavy atom. The fourth-order valence-electron chi connectivity index (χ4n) is 2.89. The van der Waals surface area contributed by atoms with Crippen molar-refractivity contribution in [3.8, 4) is 0 Å². The molecule has 1 aliphatic carbocycles. The van der Waals surface area contributed by atoms with Gasteiger partial charge in [0.25, 0.3) is 5.91 Å². The first-order chi connectivity index (χ1) is 11.7. The molecule has 5 nitrogen and oxygen atoms in total. The van der Waals surface area contributed by atoms with E-state index in [0.717, 1.165) is 31.6 Å². The highest BCUT2D eigenvalue weighted by atomic mass is 32.2. The summed E-state index contributed by atoms with van der Waals surface area (Å²) >= 11 is 1.48. The molecular formula is C17H19FN2O3S2. The standard InChI is InChI=1S/C17H19FN2O3S2/c1-10-3-6-15-11(7-10)8-16(24-15)17(21)19-12-4-5-13(18)14(9-12)20-25(2,22)23/h4-5,8-10,20H,3,6-7H2,1-2H3,(H,19,21). The second-order valence-electron chi connectivity index (χ2n) is 6.43. The van der Waals surface area contributed by atoms with E-state index in [9.17, 15) is 17.6 Å². The molecule has 1 heterocycles. The fraction of sp³-hybridized carbons (Fsp3) is 0.353. The number of aryl methyl sites for hydroxylation is 1. The Bertz CT molecular complexity index is 922. The molecule has 0 fully saturated rings. The van der Waals surface area contributed by atoms with Crippen LogP contribution < -0.4 is 10.0 Å². The van der Waals surface area contributed by atoms with Gasteiger partial charge in [0.2, 0.25) is 10.0 Å². The number of hydrogen-bond acceptors (Lipinski definition) is 4. The molecule has 0 radical (unpaired) electrons. The van der Waals surface area contributed by atoms with Crippen molar-refractivity contribution in [2.45, 2.75) is 26.2 Å². The summed E-state index contributed by atoms with van der Waals surface area (Å²) in [5.74, 6) is -0.354. The molecule has 0 saturated heterocycles. The molecule has 0 aliphatic heterocycles. The zero-order valence-corrected chi connectivity index (χ0v) is 15.6. The molecule has 8 heteroatoms. The summed E-state index contributed by atoms with van der Waals surface area (Å²) in [5, 5.41) is 2.70. The Morgan fingerprint density at radius 1 is 1.32 bits per heavy atom. The number of rotatable bonds is 4. The fourth-order valence-corrected chi connectivity index (χ4v) is 4.55. The van der Waals surface area contributed by atoms with Crippen molar-refractivity contribution in [2.24, 2.45) is 5.92 Å². The van der Waals surface area contributed by atoms with E-state index in [1.165, 1.54) is 33.9 Å². The Hall–Kier alpha value is -1.93. The number of halogens is 1. The summed E-state index contributed by atoms with van der Waals surface area (Å²) < 4.78 is 38.4. The first-order valence-corrected chi connectivity index (χ1v) is 10.6. The molecule has 1 atom stereocenters. The number of anilines is 2. The first-order valence-electron chi connectivity index (χ1n) is 7.91. The van der Waals surface area contributed by atoms with Crippen LogP contribution in [0.3, 0.4) is 0 Å². The Balaban J connectivity index is 1.78. The zero-order chi connectivity index (χ0) is 18.2. The first kappa shape index (κ1) is 17.9. The molecule has 3 rings (SSSR count). The van der Waals surface area contributed by atoms with Crippen molar-refractivity contribution in [2.75, 3.05) is 16.3 Å². The summed E-state index contributed by atoms with van der Waals surface area (Å²) in [5.41, 5.74) is 1.37. The highest BCUT2D eigenvalue weighted by molar-refractivity contribution is 7.92. The van der Waals surface area contributed by atoms with Crippen LogP contribution in [0.2, 0.25) is 0 Å². The summed E-state index contributed by atoms with van der Waals surface area (Å²) in [4.78, 5) is 14.3. The van der Waals surface area contributed by atoms with Gasteiger partial charge >= 0.3 is 0 Å². The van der Waals surface area contributed by atoms with Crippen molar-refractivity contribution in [1.29, 1.82) is 0 Å². The molecule has 25 heavy (non-hydrogen) atoms. The molecular weight excluding hydrogens is 363 g/mol. The second-order valence-corrected chi connectivity index (χ2v) is 9.32. The molecule has 0 bridgehead atoms. The van der Waals surface area contributed by atoms with Gasteiger partial charge in [-0.05, 0) is 55.0 Å². The van der Waals surface area contributed by atoms with E-state index in [-0.39, 0.29) is 11.6 Å². The third-order valence-electron chi connectivity index (χ3n) is 4.07. The topological polar surface area (TPSA) is 75.3 Å². The number of sulfonamides is 1. The van der Waals surface area contributed by atoms with Gasteiger partial charge in [-0.15, -0.1) is 11.3 Å². The molecule has 1 aromatic carbocycles. The van der Waals surface area contributed by atoms with E-state index in [2.05, 4.69) is 17.0 Å². The van der Waals surface area contributed by atoms with Crippen molar-refractivity contribution in [3.63, 3.8) is 0 Å². The lowest BCUT2D eigenvalue weighted by atomic mass is 9.90. The van der Waals surface area contributed by atoms with E-state index in [1.807, 2.05) is 6.07 Å². The third kappa shape index (κ3) is 4.38. The minimum absolute atomic E-state index is 0.195. The van der Waals surface area contributed by atoms with Crippen molar-refractivity contribution < 1.29 is 17.6 Å². The summed E-state index contributed by atoms with van der Waals surface area (Å²) in [6.45, 7) is 2.20. The van der Waals surface area contributed by atoms with Crippen LogP contribution >= 0.6 is 11.3 Å². The average Bonchev–Trinajstić information content (AvgIpc) is 2.92. The van der Waals surface area contributed by atoms with Crippen LogP contribution in [0.4, 0.5) is 15.8 Å². The van der Waals surface area contributed by atoms with Crippen LogP contribution in [0.5, 0.6) is 0 Å². The normalized spacial score (nSPS) is 17.0.